The van der Waals surface area contributed by atoms with Gasteiger partial charge in [0.25, 0.3) is 0 Å². The van der Waals surface area contributed by atoms with Gasteiger partial charge in [-0.3, -0.25) is 9.59 Å². The molecule has 2 atom stereocenters. The summed E-state index contributed by atoms with van der Waals surface area (Å²) in [5.41, 5.74) is 0. The Bertz CT molecular complexity index is 341. The topological polar surface area (TPSA) is 61.4 Å². The Morgan fingerprint density at radius 2 is 2.18 bits per heavy atom. The highest BCUT2D eigenvalue weighted by Crippen LogP contribution is 2.28. The van der Waals surface area contributed by atoms with Crippen LogP contribution in [0.4, 0.5) is 0 Å². The molecule has 3 fully saturated rings. The maximum atomic E-state index is 11.7. The van der Waals surface area contributed by atoms with E-state index in [1.54, 1.807) is 0 Å². The Balaban J connectivity index is 1.48. The minimum absolute atomic E-state index is 0.0661. The maximum absolute atomic E-state index is 11.7. The monoisotopic (exact) mass is 237 g/mol. The lowest BCUT2D eigenvalue weighted by atomic mass is 10.1. The van der Waals surface area contributed by atoms with Gasteiger partial charge in [-0.2, -0.15) is 0 Å². The van der Waals surface area contributed by atoms with Gasteiger partial charge < -0.3 is 15.5 Å². The van der Waals surface area contributed by atoms with Crippen LogP contribution in [0.5, 0.6) is 0 Å². The van der Waals surface area contributed by atoms with Gasteiger partial charge in [0.1, 0.15) is 0 Å². The van der Waals surface area contributed by atoms with Crippen molar-refractivity contribution < 1.29 is 9.59 Å². The van der Waals surface area contributed by atoms with Gasteiger partial charge in [-0.05, 0) is 25.7 Å². The molecule has 2 amide bonds. The molecule has 0 radical (unpaired) electrons. The quantitative estimate of drug-likeness (QED) is 0.700. The van der Waals surface area contributed by atoms with Crippen molar-refractivity contribution in [3.8, 4) is 0 Å². The molecule has 2 N–H and O–H groups in total. The lowest BCUT2D eigenvalue weighted by Gasteiger charge is -2.20. The smallest absolute Gasteiger partial charge is 0.234 e. The molecule has 0 bridgehead atoms. The third-order valence-corrected chi connectivity index (χ3v) is 3.95. The fourth-order valence-electron chi connectivity index (χ4n) is 2.90. The largest absolute Gasteiger partial charge is 0.352 e. The van der Waals surface area contributed by atoms with Crippen molar-refractivity contribution in [2.75, 3.05) is 13.1 Å². The molecule has 2 heterocycles. The molecule has 0 aromatic heterocycles. The van der Waals surface area contributed by atoms with Crippen LogP contribution in [0.3, 0.4) is 0 Å². The summed E-state index contributed by atoms with van der Waals surface area (Å²) in [6, 6.07) is 0.920. The number of hydrogen-bond acceptors (Lipinski definition) is 3. The zero-order chi connectivity index (χ0) is 11.8. The van der Waals surface area contributed by atoms with E-state index in [0.717, 1.165) is 32.2 Å². The number of nitrogens with one attached hydrogen (secondary N) is 2. The highest BCUT2D eigenvalue weighted by Gasteiger charge is 2.42. The molecule has 0 aromatic carbocycles. The average molecular weight is 237 g/mol. The van der Waals surface area contributed by atoms with Gasteiger partial charge in [-0.15, -0.1) is 0 Å². The Morgan fingerprint density at radius 1 is 1.35 bits per heavy atom. The highest BCUT2D eigenvalue weighted by atomic mass is 16.2. The normalized spacial score (nSPS) is 31.8. The lowest BCUT2D eigenvalue weighted by Crippen LogP contribution is -2.44. The second-order valence-electron chi connectivity index (χ2n) is 5.33. The number of hydrogen-bond donors (Lipinski definition) is 2. The van der Waals surface area contributed by atoms with E-state index in [9.17, 15) is 9.59 Å². The molecule has 2 aliphatic heterocycles. The predicted molar refractivity (Wildman–Crippen MR) is 62.3 cm³/mol. The van der Waals surface area contributed by atoms with Crippen molar-refractivity contribution in [1.29, 1.82) is 0 Å². The van der Waals surface area contributed by atoms with Gasteiger partial charge in [-0.25, -0.2) is 0 Å². The molecule has 3 rings (SSSR count). The van der Waals surface area contributed by atoms with E-state index in [0.29, 0.717) is 25.0 Å². The highest BCUT2D eigenvalue weighted by molar-refractivity contribution is 5.81. The van der Waals surface area contributed by atoms with Crippen LogP contribution in [0.25, 0.3) is 0 Å². The summed E-state index contributed by atoms with van der Waals surface area (Å²) in [6.07, 6.45) is 4.96. The van der Waals surface area contributed by atoms with Crippen LogP contribution in [0, 0.1) is 0 Å². The molecule has 1 saturated carbocycles. The zero-order valence-corrected chi connectivity index (χ0v) is 9.95. The minimum atomic E-state index is 0.0661. The van der Waals surface area contributed by atoms with Crippen LogP contribution in [-0.4, -0.2) is 47.9 Å². The Hall–Kier alpha value is -1.10. The van der Waals surface area contributed by atoms with Crippen molar-refractivity contribution in [3.63, 3.8) is 0 Å². The van der Waals surface area contributed by atoms with E-state index < -0.39 is 0 Å². The molecular weight excluding hydrogens is 218 g/mol. The van der Waals surface area contributed by atoms with Crippen molar-refractivity contribution in [2.24, 2.45) is 0 Å². The van der Waals surface area contributed by atoms with Gasteiger partial charge in [0.15, 0.2) is 0 Å². The van der Waals surface area contributed by atoms with E-state index in [-0.39, 0.29) is 17.9 Å². The van der Waals surface area contributed by atoms with Crippen LogP contribution in [0.15, 0.2) is 0 Å². The van der Waals surface area contributed by atoms with E-state index >= 15 is 0 Å². The van der Waals surface area contributed by atoms with Gasteiger partial charge in [-0.1, -0.05) is 0 Å². The fourth-order valence-corrected chi connectivity index (χ4v) is 2.90. The summed E-state index contributed by atoms with van der Waals surface area (Å²) in [7, 11) is 0. The number of nitrogens with zero attached hydrogens (tertiary/aromatic N) is 1. The van der Waals surface area contributed by atoms with Crippen LogP contribution in [0.1, 0.15) is 32.1 Å². The number of amides is 2. The summed E-state index contributed by atoms with van der Waals surface area (Å²) in [5, 5.41) is 6.19. The number of fused-ring (bicyclic) bond motifs is 1. The first-order valence-corrected chi connectivity index (χ1v) is 6.56. The summed E-state index contributed by atoms with van der Waals surface area (Å²) >= 11 is 0. The van der Waals surface area contributed by atoms with Gasteiger partial charge >= 0.3 is 0 Å². The molecule has 0 spiro atoms. The molecule has 3 aliphatic rings. The molecule has 1 aliphatic carbocycles. The average Bonchev–Trinajstić information content (AvgIpc) is 2.89. The SMILES string of the molecule is O=C(CNC1CC(=O)N2CCCC12)NC1CC1. The third kappa shape index (κ3) is 2.29. The molecule has 0 aromatic rings. The standard InChI is InChI=1S/C12H19N3O2/c16-11(14-8-3-4-8)7-13-9-6-12(17)15-5-1-2-10(9)15/h8-10,13H,1-7H2,(H,14,16). The van der Waals surface area contributed by atoms with Crippen LogP contribution >= 0.6 is 0 Å². The number of carbonyl (C=O) groups excluding carboxylic acids is 2. The predicted octanol–water partition coefficient (Wildman–Crippen LogP) is -0.382. The molecule has 2 unspecified atom stereocenters. The van der Waals surface area contributed by atoms with Crippen molar-refractivity contribution >= 4 is 11.8 Å². The van der Waals surface area contributed by atoms with Gasteiger partial charge in [0.2, 0.25) is 11.8 Å². The minimum Gasteiger partial charge on any atom is -0.352 e. The Morgan fingerprint density at radius 3 is 2.94 bits per heavy atom. The van der Waals surface area contributed by atoms with Crippen LogP contribution in [0.2, 0.25) is 0 Å². The summed E-state index contributed by atoms with van der Waals surface area (Å²) in [5.74, 6) is 0.309. The van der Waals surface area contributed by atoms with Crippen molar-refractivity contribution in [2.45, 2.75) is 50.2 Å². The van der Waals surface area contributed by atoms with Gasteiger partial charge in [0.05, 0.1) is 6.54 Å². The van der Waals surface area contributed by atoms with Crippen LogP contribution in [-0.2, 0) is 9.59 Å². The summed E-state index contributed by atoms with van der Waals surface area (Å²) < 4.78 is 0. The van der Waals surface area contributed by atoms with Crippen LogP contribution < -0.4 is 10.6 Å². The van der Waals surface area contributed by atoms with E-state index in [1.165, 1.54) is 0 Å². The second-order valence-corrected chi connectivity index (χ2v) is 5.33. The fraction of sp³-hybridized carbons (Fsp3) is 0.833. The Kier molecular flexibility index (Phi) is 2.78. The number of rotatable bonds is 4. The molecule has 5 nitrogen and oxygen atoms in total. The first-order chi connectivity index (χ1) is 8.24. The maximum Gasteiger partial charge on any atom is 0.234 e. The summed E-state index contributed by atoms with van der Waals surface area (Å²) in [4.78, 5) is 25.2. The zero-order valence-electron chi connectivity index (χ0n) is 9.95. The first kappa shape index (κ1) is 11.0. The third-order valence-electron chi connectivity index (χ3n) is 3.95. The first-order valence-electron chi connectivity index (χ1n) is 6.56. The molecule has 94 valence electrons. The van der Waals surface area contributed by atoms with E-state index in [1.807, 2.05) is 4.90 Å². The van der Waals surface area contributed by atoms with Crippen molar-refractivity contribution in [1.82, 2.24) is 15.5 Å². The molecule has 5 heteroatoms. The summed E-state index contributed by atoms with van der Waals surface area (Å²) in [6.45, 7) is 1.24. The second kappa shape index (κ2) is 4.29. The molecule has 2 saturated heterocycles. The van der Waals surface area contributed by atoms with Crippen molar-refractivity contribution in [3.05, 3.63) is 0 Å². The number of carbonyl (C=O) groups is 2. The molecule has 17 heavy (non-hydrogen) atoms. The van der Waals surface area contributed by atoms with E-state index in [4.69, 9.17) is 0 Å². The van der Waals surface area contributed by atoms with E-state index in [2.05, 4.69) is 10.6 Å². The van der Waals surface area contributed by atoms with Gasteiger partial charge in [0, 0.05) is 31.1 Å². The lowest BCUT2D eigenvalue weighted by molar-refractivity contribution is -0.128. The Labute approximate surface area is 101 Å². The molecular formula is C12H19N3O2.